The second-order valence-corrected chi connectivity index (χ2v) is 6.79. The van der Waals surface area contributed by atoms with Crippen LogP contribution in [0.2, 0.25) is 0 Å². The van der Waals surface area contributed by atoms with Crippen LogP contribution in [-0.2, 0) is 11.2 Å². The highest BCUT2D eigenvalue weighted by molar-refractivity contribution is 5.82. The van der Waals surface area contributed by atoms with E-state index in [0.29, 0.717) is 25.3 Å². The molecule has 0 radical (unpaired) electrons. The topological polar surface area (TPSA) is 60.2 Å². The van der Waals surface area contributed by atoms with Crippen LogP contribution in [0, 0.1) is 19.7 Å². The number of benzene rings is 1. The van der Waals surface area contributed by atoms with E-state index in [1.165, 1.54) is 12.1 Å². The lowest BCUT2D eigenvalue weighted by atomic mass is 10.0. The molecule has 2 atom stereocenters. The molecule has 1 amide bonds. The molecule has 1 fully saturated rings. The molecule has 0 saturated carbocycles. The van der Waals surface area contributed by atoms with Crippen LogP contribution in [0.25, 0.3) is 0 Å². The number of aromatic nitrogens is 3. The van der Waals surface area contributed by atoms with Gasteiger partial charge in [-0.2, -0.15) is 5.10 Å². The summed E-state index contributed by atoms with van der Waals surface area (Å²) in [6.45, 7) is 5.13. The number of hydrogen-bond donors (Lipinski definition) is 0. The summed E-state index contributed by atoms with van der Waals surface area (Å²) in [4.78, 5) is 19.1. The number of piperidine rings is 1. The molecule has 2 aliphatic rings. The predicted molar refractivity (Wildman–Crippen MR) is 88.9 cm³/mol. The van der Waals surface area contributed by atoms with E-state index in [1.807, 2.05) is 23.4 Å². The Morgan fingerprint density at radius 1 is 1.36 bits per heavy atom. The molecule has 3 heterocycles. The van der Waals surface area contributed by atoms with Gasteiger partial charge >= 0.3 is 0 Å². The number of halogens is 1. The van der Waals surface area contributed by atoms with E-state index in [1.54, 1.807) is 6.07 Å². The normalized spacial score (nSPS) is 22.6. The van der Waals surface area contributed by atoms with E-state index in [-0.39, 0.29) is 17.8 Å². The van der Waals surface area contributed by atoms with Crippen molar-refractivity contribution < 1.29 is 13.9 Å². The number of fused-ring (bicyclic) bond motifs is 1. The first kappa shape index (κ1) is 16.1. The van der Waals surface area contributed by atoms with Crippen LogP contribution in [0.1, 0.15) is 36.1 Å². The molecule has 0 spiro atoms. The van der Waals surface area contributed by atoms with Crippen LogP contribution in [-0.4, -0.2) is 44.8 Å². The molecule has 0 unspecified atom stereocenters. The average Bonchev–Trinajstić information content (AvgIpc) is 3.16. The Labute approximate surface area is 145 Å². The Balaban J connectivity index is 1.47. The summed E-state index contributed by atoms with van der Waals surface area (Å²) in [7, 11) is 0. The minimum absolute atomic E-state index is 0.0317. The van der Waals surface area contributed by atoms with Crippen LogP contribution >= 0.6 is 0 Å². The molecule has 6 nitrogen and oxygen atoms in total. The van der Waals surface area contributed by atoms with Crippen LogP contribution in [0.3, 0.4) is 0 Å². The van der Waals surface area contributed by atoms with Crippen LogP contribution in [0.5, 0.6) is 5.75 Å². The van der Waals surface area contributed by atoms with Gasteiger partial charge in [-0.05, 0) is 44.9 Å². The number of nitrogens with zero attached hydrogens (tertiary/aromatic N) is 4. The zero-order chi connectivity index (χ0) is 17.6. The summed E-state index contributed by atoms with van der Waals surface area (Å²) in [6.07, 6.45) is 1.76. The Hall–Kier alpha value is -2.44. The van der Waals surface area contributed by atoms with Gasteiger partial charge in [-0.1, -0.05) is 0 Å². The predicted octanol–water partition coefficient (Wildman–Crippen LogP) is 2.20. The van der Waals surface area contributed by atoms with E-state index in [4.69, 9.17) is 4.74 Å². The maximum atomic E-state index is 13.4. The first-order chi connectivity index (χ1) is 12.0. The van der Waals surface area contributed by atoms with E-state index >= 15 is 0 Å². The van der Waals surface area contributed by atoms with Gasteiger partial charge in [0.15, 0.2) is 6.10 Å². The number of likely N-dealkylation sites (tertiary alicyclic amines) is 1. The fraction of sp³-hybridized carbons (Fsp3) is 0.500. The second-order valence-electron chi connectivity index (χ2n) is 6.79. The van der Waals surface area contributed by atoms with Crippen molar-refractivity contribution >= 4 is 5.91 Å². The van der Waals surface area contributed by atoms with E-state index in [9.17, 15) is 9.18 Å². The highest BCUT2D eigenvalue weighted by Gasteiger charge is 2.35. The number of ether oxygens (including phenoxy) is 1. The van der Waals surface area contributed by atoms with Gasteiger partial charge in [0.2, 0.25) is 0 Å². The van der Waals surface area contributed by atoms with Crippen molar-refractivity contribution in [3.63, 3.8) is 0 Å². The number of aryl methyl sites for hydroxylation is 2. The summed E-state index contributed by atoms with van der Waals surface area (Å²) in [5.74, 6) is 1.90. The van der Waals surface area contributed by atoms with E-state index < -0.39 is 6.10 Å². The monoisotopic (exact) mass is 344 g/mol. The third-order valence-corrected chi connectivity index (χ3v) is 4.93. The molecule has 0 bridgehead atoms. The lowest BCUT2D eigenvalue weighted by molar-refractivity contribution is -0.139. The molecule has 1 saturated heterocycles. The maximum Gasteiger partial charge on any atom is 0.264 e. The van der Waals surface area contributed by atoms with Gasteiger partial charge in [-0.3, -0.25) is 4.79 Å². The molecule has 4 rings (SSSR count). The third-order valence-electron chi connectivity index (χ3n) is 4.93. The number of hydrogen-bond acceptors (Lipinski definition) is 4. The lowest BCUT2D eigenvalue weighted by Gasteiger charge is -2.34. The van der Waals surface area contributed by atoms with Crippen molar-refractivity contribution in [2.24, 2.45) is 0 Å². The van der Waals surface area contributed by atoms with Crippen LogP contribution in [0.4, 0.5) is 4.39 Å². The summed E-state index contributed by atoms with van der Waals surface area (Å²) in [5.41, 5.74) is 0.759. The van der Waals surface area contributed by atoms with Gasteiger partial charge in [-0.25, -0.2) is 14.1 Å². The Bertz CT molecular complexity index is 819. The molecule has 0 aliphatic carbocycles. The zero-order valence-corrected chi connectivity index (χ0v) is 14.4. The smallest absolute Gasteiger partial charge is 0.264 e. The Kier molecular flexibility index (Phi) is 3.94. The zero-order valence-electron chi connectivity index (χ0n) is 14.4. The molecule has 2 aromatic rings. The first-order valence-corrected chi connectivity index (χ1v) is 8.65. The van der Waals surface area contributed by atoms with Crippen molar-refractivity contribution in [1.29, 1.82) is 0 Å². The van der Waals surface area contributed by atoms with Crippen LogP contribution < -0.4 is 4.74 Å². The molecule has 2 aliphatic heterocycles. The van der Waals surface area contributed by atoms with E-state index in [2.05, 4.69) is 10.1 Å². The van der Waals surface area contributed by atoms with Crippen LogP contribution in [0.15, 0.2) is 18.2 Å². The van der Waals surface area contributed by atoms with Crippen molar-refractivity contribution in [1.82, 2.24) is 19.7 Å². The third kappa shape index (κ3) is 2.99. The van der Waals surface area contributed by atoms with Gasteiger partial charge in [0.25, 0.3) is 5.91 Å². The molecule has 25 heavy (non-hydrogen) atoms. The lowest BCUT2D eigenvalue weighted by Crippen LogP contribution is -2.47. The summed E-state index contributed by atoms with van der Waals surface area (Å²) in [6, 6.07) is 4.54. The largest absolute Gasteiger partial charge is 0.480 e. The Morgan fingerprint density at radius 2 is 2.20 bits per heavy atom. The molecule has 132 valence electrons. The number of amides is 1. The standard InChI is InChI=1S/C18H21FN4O2/c1-11-20-12(2)23(21-11)15-4-3-7-22(10-15)18(24)17-9-13-8-14(19)5-6-16(13)25-17/h5-6,8,15,17H,3-4,7,9-10H2,1-2H3/t15-,17+/m1/s1. The van der Waals surface area contributed by atoms with Crippen molar-refractivity contribution in [2.75, 3.05) is 13.1 Å². The van der Waals surface area contributed by atoms with Gasteiger partial charge in [0.05, 0.1) is 6.04 Å². The Morgan fingerprint density at radius 3 is 2.96 bits per heavy atom. The number of carbonyl (C=O) groups is 1. The summed E-state index contributed by atoms with van der Waals surface area (Å²) in [5, 5.41) is 4.46. The summed E-state index contributed by atoms with van der Waals surface area (Å²) < 4.78 is 21.0. The van der Waals surface area contributed by atoms with Gasteiger partial charge in [-0.15, -0.1) is 0 Å². The van der Waals surface area contributed by atoms with Crippen molar-refractivity contribution in [3.05, 3.63) is 41.2 Å². The molecule has 1 aromatic heterocycles. The minimum atomic E-state index is -0.561. The number of carbonyl (C=O) groups excluding carboxylic acids is 1. The minimum Gasteiger partial charge on any atom is -0.480 e. The maximum absolute atomic E-state index is 13.4. The van der Waals surface area contributed by atoms with E-state index in [0.717, 1.165) is 30.1 Å². The highest BCUT2D eigenvalue weighted by atomic mass is 19.1. The molecular formula is C18H21FN4O2. The molecule has 1 aromatic carbocycles. The van der Waals surface area contributed by atoms with Gasteiger partial charge in [0.1, 0.15) is 23.2 Å². The quantitative estimate of drug-likeness (QED) is 0.838. The first-order valence-electron chi connectivity index (χ1n) is 8.65. The fourth-order valence-corrected chi connectivity index (χ4v) is 3.79. The summed E-state index contributed by atoms with van der Waals surface area (Å²) >= 11 is 0. The molecular weight excluding hydrogens is 323 g/mol. The fourth-order valence-electron chi connectivity index (χ4n) is 3.79. The highest BCUT2D eigenvalue weighted by Crippen LogP contribution is 2.31. The SMILES string of the molecule is Cc1nc(C)n([C@@H]2CCCN(C(=O)[C@@H]3Cc4cc(F)ccc4O3)C2)n1. The average molecular weight is 344 g/mol. The van der Waals surface area contributed by atoms with Gasteiger partial charge < -0.3 is 9.64 Å². The van der Waals surface area contributed by atoms with Crippen molar-refractivity contribution in [3.8, 4) is 5.75 Å². The number of rotatable bonds is 2. The van der Waals surface area contributed by atoms with Gasteiger partial charge in [0, 0.05) is 25.1 Å². The van der Waals surface area contributed by atoms with Crippen molar-refractivity contribution in [2.45, 2.75) is 45.3 Å². The molecule has 0 N–H and O–H groups in total. The second kappa shape index (κ2) is 6.13. The molecule has 7 heteroatoms.